The van der Waals surface area contributed by atoms with Crippen molar-refractivity contribution >= 4 is 6.09 Å². The summed E-state index contributed by atoms with van der Waals surface area (Å²) in [6.07, 6.45) is -0.800. The first-order chi connectivity index (χ1) is 11.7. The van der Waals surface area contributed by atoms with E-state index in [1.54, 1.807) is 20.8 Å². The SMILES string of the molecule is Cc1ccc(-c2noc([C@@H]3C[C@@H](O)CN3C(=O)OC(C)(C)C)n2)cc1. The average molecular weight is 345 g/mol. The normalized spacial score (nSPS) is 20.8. The van der Waals surface area contributed by atoms with Gasteiger partial charge in [0.05, 0.1) is 12.6 Å². The van der Waals surface area contributed by atoms with Crippen LogP contribution >= 0.6 is 0 Å². The topological polar surface area (TPSA) is 88.7 Å². The van der Waals surface area contributed by atoms with Gasteiger partial charge in [-0.25, -0.2) is 4.79 Å². The Morgan fingerprint density at radius 3 is 2.64 bits per heavy atom. The highest BCUT2D eigenvalue weighted by atomic mass is 16.6. The molecule has 1 N–H and O–H groups in total. The molecule has 2 aromatic rings. The Morgan fingerprint density at radius 2 is 2.00 bits per heavy atom. The molecule has 0 radical (unpaired) electrons. The standard InChI is InChI=1S/C18H23N3O4/c1-11-5-7-12(8-6-11)15-19-16(25-20-15)14-9-13(22)10-21(14)17(23)24-18(2,3)4/h5-8,13-14,22H,9-10H2,1-4H3/t13-,14+/m1/s1. The van der Waals surface area contributed by atoms with E-state index in [9.17, 15) is 9.90 Å². The minimum atomic E-state index is -0.646. The van der Waals surface area contributed by atoms with E-state index in [2.05, 4.69) is 10.1 Å². The van der Waals surface area contributed by atoms with Gasteiger partial charge in [0.1, 0.15) is 11.6 Å². The minimum Gasteiger partial charge on any atom is -0.444 e. The molecule has 2 atom stereocenters. The quantitative estimate of drug-likeness (QED) is 0.900. The predicted octanol–water partition coefficient (Wildman–Crippen LogP) is 3.09. The smallest absolute Gasteiger partial charge is 0.411 e. The summed E-state index contributed by atoms with van der Waals surface area (Å²) in [6.45, 7) is 7.59. The average Bonchev–Trinajstić information content (AvgIpc) is 3.12. The molecule has 0 unspecified atom stereocenters. The predicted molar refractivity (Wildman–Crippen MR) is 90.8 cm³/mol. The van der Waals surface area contributed by atoms with E-state index < -0.39 is 23.8 Å². The molecular weight excluding hydrogens is 322 g/mol. The van der Waals surface area contributed by atoms with Crippen LogP contribution in [0.15, 0.2) is 28.8 Å². The molecule has 1 aromatic carbocycles. The maximum absolute atomic E-state index is 12.4. The van der Waals surface area contributed by atoms with Gasteiger partial charge in [-0.05, 0) is 27.7 Å². The summed E-state index contributed by atoms with van der Waals surface area (Å²) in [5, 5.41) is 14.0. The highest BCUT2D eigenvalue weighted by Gasteiger charge is 2.40. The van der Waals surface area contributed by atoms with E-state index in [1.807, 2.05) is 31.2 Å². The van der Waals surface area contributed by atoms with Crippen LogP contribution in [-0.2, 0) is 4.74 Å². The van der Waals surface area contributed by atoms with Crippen molar-refractivity contribution in [3.05, 3.63) is 35.7 Å². The summed E-state index contributed by atoms with van der Waals surface area (Å²) in [6, 6.07) is 7.28. The molecule has 0 saturated carbocycles. The van der Waals surface area contributed by atoms with Crippen LogP contribution in [0.1, 0.15) is 44.7 Å². The lowest BCUT2D eigenvalue weighted by molar-refractivity contribution is 0.0184. The molecule has 1 aliphatic rings. The van der Waals surface area contributed by atoms with Crippen molar-refractivity contribution in [2.45, 2.75) is 51.9 Å². The summed E-state index contributed by atoms with van der Waals surface area (Å²) in [5.74, 6) is 0.763. The summed E-state index contributed by atoms with van der Waals surface area (Å²) >= 11 is 0. The first-order valence-electron chi connectivity index (χ1n) is 8.31. The third-order valence-electron chi connectivity index (χ3n) is 3.94. The number of ether oxygens (including phenoxy) is 1. The number of amides is 1. The first-order valence-corrected chi connectivity index (χ1v) is 8.31. The summed E-state index contributed by atoms with van der Waals surface area (Å²) < 4.78 is 10.8. The number of hydrogen-bond acceptors (Lipinski definition) is 6. The maximum atomic E-state index is 12.4. The fraction of sp³-hybridized carbons (Fsp3) is 0.500. The van der Waals surface area contributed by atoms with E-state index in [-0.39, 0.29) is 6.54 Å². The second-order valence-electron chi connectivity index (χ2n) is 7.36. The second kappa shape index (κ2) is 6.48. The number of carbonyl (C=O) groups excluding carboxylic acids is 1. The Labute approximate surface area is 146 Å². The number of aliphatic hydroxyl groups is 1. The van der Waals surface area contributed by atoms with Crippen molar-refractivity contribution in [3.63, 3.8) is 0 Å². The van der Waals surface area contributed by atoms with Crippen LogP contribution in [0.5, 0.6) is 0 Å². The number of aromatic nitrogens is 2. The van der Waals surface area contributed by atoms with Crippen LogP contribution in [-0.4, -0.2) is 44.5 Å². The monoisotopic (exact) mass is 345 g/mol. The fourth-order valence-electron chi connectivity index (χ4n) is 2.76. The highest BCUT2D eigenvalue weighted by Crippen LogP contribution is 2.33. The van der Waals surface area contributed by atoms with Crippen LogP contribution in [0.4, 0.5) is 4.79 Å². The molecule has 1 aliphatic heterocycles. The van der Waals surface area contributed by atoms with E-state index in [4.69, 9.17) is 9.26 Å². The van der Waals surface area contributed by atoms with E-state index in [0.29, 0.717) is 18.1 Å². The zero-order valence-electron chi connectivity index (χ0n) is 14.9. The Hall–Kier alpha value is -2.41. The highest BCUT2D eigenvalue weighted by molar-refractivity contribution is 5.69. The molecule has 1 aromatic heterocycles. The van der Waals surface area contributed by atoms with Gasteiger partial charge in [-0.2, -0.15) is 4.98 Å². The molecule has 3 rings (SSSR count). The largest absolute Gasteiger partial charge is 0.444 e. The van der Waals surface area contributed by atoms with Gasteiger partial charge in [0, 0.05) is 12.0 Å². The van der Waals surface area contributed by atoms with Gasteiger partial charge in [0.25, 0.3) is 0 Å². The van der Waals surface area contributed by atoms with Crippen molar-refractivity contribution < 1.29 is 19.2 Å². The number of likely N-dealkylation sites (tertiary alicyclic amines) is 1. The van der Waals surface area contributed by atoms with Gasteiger partial charge < -0.3 is 14.4 Å². The number of aliphatic hydroxyl groups excluding tert-OH is 1. The number of nitrogens with zero attached hydrogens (tertiary/aromatic N) is 3. The second-order valence-corrected chi connectivity index (χ2v) is 7.36. The van der Waals surface area contributed by atoms with Gasteiger partial charge in [-0.15, -0.1) is 0 Å². The van der Waals surface area contributed by atoms with E-state index >= 15 is 0 Å². The van der Waals surface area contributed by atoms with E-state index in [0.717, 1.165) is 11.1 Å². The van der Waals surface area contributed by atoms with Crippen molar-refractivity contribution in [2.24, 2.45) is 0 Å². The molecule has 1 amide bonds. The molecule has 25 heavy (non-hydrogen) atoms. The molecule has 1 fully saturated rings. The molecule has 7 heteroatoms. The molecule has 0 aliphatic carbocycles. The number of benzene rings is 1. The molecule has 0 spiro atoms. The first kappa shape index (κ1) is 17.4. The lowest BCUT2D eigenvalue weighted by Crippen LogP contribution is -2.37. The Balaban J connectivity index is 1.82. The summed E-state index contributed by atoms with van der Waals surface area (Å²) in [4.78, 5) is 18.3. The Morgan fingerprint density at radius 1 is 1.32 bits per heavy atom. The number of β-amino-alcohol motifs (C(OH)–C–C–N with tert-alkyl or cyclic N) is 1. The van der Waals surface area contributed by atoms with Crippen molar-refractivity contribution in [1.29, 1.82) is 0 Å². The van der Waals surface area contributed by atoms with Gasteiger partial charge in [0.15, 0.2) is 0 Å². The zero-order valence-corrected chi connectivity index (χ0v) is 14.9. The van der Waals surface area contributed by atoms with Crippen LogP contribution in [0.2, 0.25) is 0 Å². The van der Waals surface area contributed by atoms with Gasteiger partial charge in [-0.1, -0.05) is 35.0 Å². The third kappa shape index (κ3) is 3.99. The van der Waals surface area contributed by atoms with Crippen molar-refractivity contribution in [1.82, 2.24) is 15.0 Å². The summed E-state index contributed by atoms with van der Waals surface area (Å²) in [7, 11) is 0. The van der Waals surface area contributed by atoms with Crippen molar-refractivity contribution in [2.75, 3.05) is 6.54 Å². The number of hydrogen-bond donors (Lipinski definition) is 1. The van der Waals surface area contributed by atoms with Crippen molar-refractivity contribution in [3.8, 4) is 11.4 Å². The zero-order chi connectivity index (χ0) is 18.2. The molecule has 1 saturated heterocycles. The van der Waals surface area contributed by atoms with Crippen LogP contribution in [0, 0.1) is 6.92 Å². The third-order valence-corrected chi connectivity index (χ3v) is 3.94. The molecule has 2 heterocycles. The Kier molecular flexibility index (Phi) is 4.51. The number of aryl methyl sites for hydroxylation is 1. The van der Waals surface area contributed by atoms with Gasteiger partial charge in [0.2, 0.25) is 11.7 Å². The molecule has 134 valence electrons. The lowest BCUT2D eigenvalue weighted by Gasteiger charge is -2.26. The van der Waals surface area contributed by atoms with Crippen LogP contribution in [0.25, 0.3) is 11.4 Å². The Bertz CT molecular complexity index is 748. The summed E-state index contributed by atoms with van der Waals surface area (Å²) in [5.41, 5.74) is 1.36. The minimum absolute atomic E-state index is 0.182. The fourth-order valence-corrected chi connectivity index (χ4v) is 2.76. The van der Waals surface area contributed by atoms with Gasteiger partial charge >= 0.3 is 6.09 Å². The van der Waals surface area contributed by atoms with Crippen LogP contribution in [0.3, 0.4) is 0 Å². The number of carbonyl (C=O) groups is 1. The maximum Gasteiger partial charge on any atom is 0.411 e. The van der Waals surface area contributed by atoms with Gasteiger partial charge in [-0.3, -0.25) is 4.90 Å². The van der Waals surface area contributed by atoms with Crippen LogP contribution < -0.4 is 0 Å². The lowest BCUT2D eigenvalue weighted by atomic mass is 10.1. The molecule has 7 nitrogen and oxygen atoms in total. The molecular formula is C18H23N3O4. The van der Waals surface area contributed by atoms with E-state index in [1.165, 1.54) is 4.90 Å². The number of rotatable bonds is 2. The molecule has 0 bridgehead atoms.